The molecule has 0 fully saturated rings. The van der Waals surface area contributed by atoms with E-state index in [1.807, 2.05) is 18.2 Å². The number of aromatic nitrogens is 3. The summed E-state index contributed by atoms with van der Waals surface area (Å²) >= 11 is 0. The standard InChI is InChI=1S/3C9H7NO2.Bi/c3*11-7-3-1-2-6-4-5-8(12)10-9(6)7;/h3*1-5,11H,(H,10,12);. The van der Waals surface area contributed by atoms with Gasteiger partial charge in [0.2, 0.25) is 16.7 Å². The fourth-order valence-corrected chi connectivity index (χ4v) is 3.49. The molecular formula is C27H21BiN3O6. The van der Waals surface area contributed by atoms with E-state index in [9.17, 15) is 29.7 Å². The molecule has 3 heterocycles. The third-order valence-corrected chi connectivity index (χ3v) is 5.21. The Morgan fingerprint density at radius 1 is 0.405 bits per heavy atom. The Kier molecular flexibility index (Phi) is 8.82. The van der Waals surface area contributed by atoms with Gasteiger partial charge in [0.1, 0.15) is 17.2 Å². The molecule has 3 aromatic heterocycles. The Balaban J connectivity index is 0.000000152. The molecule has 0 spiro atoms. The van der Waals surface area contributed by atoms with Crippen LogP contribution in [0.4, 0.5) is 0 Å². The minimum absolute atomic E-state index is 0. The largest absolute Gasteiger partial charge is 0.506 e. The predicted molar refractivity (Wildman–Crippen MR) is 144 cm³/mol. The third kappa shape index (κ3) is 6.62. The quantitative estimate of drug-likeness (QED) is 0.134. The second kappa shape index (κ2) is 12.0. The maximum absolute atomic E-state index is 10.9. The van der Waals surface area contributed by atoms with E-state index in [4.69, 9.17) is 0 Å². The summed E-state index contributed by atoms with van der Waals surface area (Å²) in [6.07, 6.45) is 0. The molecule has 0 aliphatic heterocycles. The fraction of sp³-hybridized carbons (Fsp3) is 0. The molecule has 0 saturated heterocycles. The molecule has 0 unspecified atom stereocenters. The smallest absolute Gasteiger partial charge is 0.248 e. The molecule has 0 aliphatic carbocycles. The van der Waals surface area contributed by atoms with E-state index in [1.54, 1.807) is 36.4 Å². The van der Waals surface area contributed by atoms with Gasteiger partial charge >= 0.3 is 0 Å². The van der Waals surface area contributed by atoms with Crippen molar-refractivity contribution in [1.29, 1.82) is 0 Å². The summed E-state index contributed by atoms with van der Waals surface area (Å²) in [4.78, 5) is 40.3. The zero-order valence-electron chi connectivity index (χ0n) is 19.2. The van der Waals surface area contributed by atoms with Crippen molar-refractivity contribution in [2.45, 2.75) is 0 Å². The Hall–Kier alpha value is -4.43. The molecule has 6 aromatic rings. The van der Waals surface area contributed by atoms with E-state index in [-0.39, 0.29) is 60.1 Å². The first kappa shape index (κ1) is 27.2. The van der Waals surface area contributed by atoms with Gasteiger partial charge in [-0.15, -0.1) is 0 Å². The van der Waals surface area contributed by atoms with Crippen LogP contribution in [0.25, 0.3) is 32.7 Å². The number of nitrogens with one attached hydrogen (secondary N) is 3. The van der Waals surface area contributed by atoms with Crippen LogP contribution in [0.5, 0.6) is 17.2 Å². The van der Waals surface area contributed by atoms with Crippen molar-refractivity contribution in [1.82, 2.24) is 15.0 Å². The zero-order valence-corrected chi connectivity index (χ0v) is 22.7. The number of H-pyrrole nitrogens is 3. The van der Waals surface area contributed by atoms with Gasteiger partial charge in [0.05, 0.1) is 16.6 Å². The van der Waals surface area contributed by atoms with Crippen molar-refractivity contribution < 1.29 is 15.3 Å². The summed E-state index contributed by atoms with van der Waals surface area (Å²) in [6.45, 7) is 0. The topological polar surface area (TPSA) is 159 Å². The SMILES string of the molecule is O=c1ccc2cccc(O)c2[nH]1.O=c1ccc2cccc(O)c2[nH]1.O=c1ccc2cccc(O)c2[nH]1.[Bi]. The van der Waals surface area contributed by atoms with Crippen LogP contribution in [0.15, 0.2) is 105 Å². The maximum Gasteiger partial charge on any atom is 0.248 e. The fourth-order valence-electron chi connectivity index (χ4n) is 3.49. The van der Waals surface area contributed by atoms with Gasteiger partial charge in [-0.3, -0.25) is 14.4 Å². The van der Waals surface area contributed by atoms with Gasteiger partial charge in [0.25, 0.3) is 0 Å². The van der Waals surface area contributed by atoms with E-state index in [0.717, 1.165) is 16.2 Å². The van der Waals surface area contributed by atoms with Crippen LogP contribution in [-0.4, -0.2) is 56.5 Å². The van der Waals surface area contributed by atoms with E-state index in [1.165, 1.54) is 36.4 Å². The molecule has 0 amide bonds. The summed E-state index contributed by atoms with van der Waals surface area (Å²) in [5, 5.41) is 30.5. The summed E-state index contributed by atoms with van der Waals surface area (Å²) in [6, 6.07) is 24.6. The van der Waals surface area contributed by atoms with Gasteiger partial charge in [-0.1, -0.05) is 36.4 Å². The molecule has 0 bridgehead atoms. The number of benzene rings is 3. The predicted octanol–water partition coefficient (Wildman–Crippen LogP) is 3.32. The van der Waals surface area contributed by atoms with Crippen molar-refractivity contribution in [2.24, 2.45) is 0 Å². The van der Waals surface area contributed by atoms with E-state index < -0.39 is 0 Å². The van der Waals surface area contributed by atoms with Gasteiger partial charge < -0.3 is 30.3 Å². The number of hydrogen-bond donors (Lipinski definition) is 6. The van der Waals surface area contributed by atoms with Crippen LogP contribution in [0, 0.1) is 0 Å². The number of para-hydroxylation sites is 3. The molecule has 10 heteroatoms. The number of rotatable bonds is 0. The third-order valence-electron chi connectivity index (χ3n) is 5.21. The summed E-state index contributed by atoms with van der Waals surface area (Å²) in [5.41, 5.74) is 0.858. The zero-order chi connectivity index (χ0) is 25.7. The number of aromatic hydroxyl groups is 3. The van der Waals surface area contributed by atoms with Crippen LogP contribution in [-0.2, 0) is 0 Å². The normalized spacial score (nSPS) is 10.1. The average molecular weight is 692 g/mol. The molecule has 6 rings (SSSR count). The summed E-state index contributed by atoms with van der Waals surface area (Å²) < 4.78 is 0. The first-order valence-corrected chi connectivity index (χ1v) is 10.7. The van der Waals surface area contributed by atoms with Gasteiger partial charge in [-0.25, -0.2) is 0 Å². The number of pyridine rings is 3. The van der Waals surface area contributed by atoms with Crippen LogP contribution in [0.1, 0.15) is 0 Å². The van der Waals surface area contributed by atoms with Crippen molar-refractivity contribution in [3.63, 3.8) is 0 Å². The molecule has 9 nitrogen and oxygen atoms in total. The Bertz CT molecular complexity index is 1640. The number of phenols is 3. The van der Waals surface area contributed by atoms with Crippen molar-refractivity contribution in [2.75, 3.05) is 0 Å². The van der Waals surface area contributed by atoms with Crippen molar-refractivity contribution in [3.8, 4) is 17.2 Å². The van der Waals surface area contributed by atoms with E-state index >= 15 is 0 Å². The summed E-state index contributed by atoms with van der Waals surface area (Å²) in [7, 11) is 0. The number of phenolic OH excluding ortho intramolecular Hbond substituents is 3. The minimum Gasteiger partial charge on any atom is -0.506 e. The minimum atomic E-state index is -0.205. The molecule has 3 aromatic carbocycles. The molecule has 185 valence electrons. The monoisotopic (exact) mass is 692 g/mol. The molecule has 0 saturated carbocycles. The molecule has 0 atom stereocenters. The maximum atomic E-state index is 10.9. The Morgan fingerprint density at radius 3 is 0.946 bits per heavy atom. The molecule has 6 N–H and O–H groups in total. The Labute approximate surface area is 227 Å². The van der Waals surface area contributed by atoms with Crippen molar-refractivity contribution >= 4 is 58.9 Å². The van der Waals surface area contributed by atoms with Crippen LogP contribution in [0.3, 0.4) is 0 Å². The van der Waals surface area contributed by atoms with Crippen molar-refractivity contribution in [3.05, 3.63) is 122 Å². The number of aromatic amines is 3. The van der Waals surface area contributed by atoms with Crippen LogP contribution in [0.2, 0.25) is 0 Å². The van der Waals surface area contributed by atoms with E-state index in [2.05, 4.69) is 15.0 Å². The van der Waals surface area contributed by atoms with Crippen LogP contribution >= 0.6 is 0 Å². The molecule has 0 aliphatic rings. The first-order valence-electron chi connectivity index (χ1n) is 10.7. The van der Waals surface area contributed by atoms with Gasteiger partial charge in [-0.05, 0) is 36.4 Å². The summed E-state index contributed by atoms with van der Waals surface area (Å²) in [5.74, 6) is 0.306. The number of hydrogen-bond acceptors (Lipinski definition) is 6. The van der Waals surface area contributed by atoms with Crippen LogP contribution < -0.4 is 16.7 Å². The first-order chi connectivity index (χ1) is 17.3. The molecule has 3 radical (unpaired) electrons. The van der Waals surface area contributed by atoms with Gasteiger partial charge in [-0.2, -0.15) is 0 Å². The Morgan fingerprint density at radius 2 is 0.676 bits per heavy atom. The van der Waals surface area contributed by atoms with Gasteiger partial charge in [0, 0.05) is 60.6 Å². The van der Waals surface area contributed by atoms with E-state index in [0.29, 0.717) is 16.6 Å². The second-order valence-electron chi connectivity index (χ2n) is 7.69. The molecular weight excluding hydrogens is 671 g/mol. The molecule has 37 heavy (non-hydrogen) atoms. The second-order valence-corrected chi connectivity index (χ2v) is 7.69. The number of fused-ring (bicyclic) bond motifs is 3. The average Bonchev–Trinajstić information content (AvgIpc) is 2.87. The van der Waals surface area contributed by atoms with Gasteiger partial charge in [0.15, 0.2) is 0 Å².